The van der Waals surface area contributed by atoms with Gasteiger partial charge in [-0.15, -0.1) is 0 Å². The second-order valence-electron chi connectivity index (χ2n) is 3.06. The number of aromatic nitrogens is 2. The fraction of sp³-hybridized carbons (Fsp3) is 0. The Morgan fingerprint density at radius 1 is 1.38 bits per heavy atom. The van der Waals surface area contributed by atoms with E-state index in [2.05, 4.69) is 15.3 Å². The molecule has 2 aromatic rings. The number of amides is 1. The van der Waals surface area contributed by atoms with Crippen LogP contribution in [-0.2, 0) is 0 Å². The molecule has 78 valence electrons. The summed E-state index contributed by atoms with van der Waals surface area (Å²) in [6, 6.07) is 10.8. The summed E-state index contributed by atoms with van der Waals surface area (Å²) in [5.74, 6) is -0.375. The molecular formula is C11H8N4O. The molecule has 0 radical (unpaired) electrons. The van der Waals surface area contributed by atoms with Gasteiger partial charge in [0, 0.05) is 5.69 Å². The van der Waals surface area contributed by atoms with Gasteiger partial charge in [-0.2, -0.15) is 5.26 Å². The molecule has 0 saturated heterocycles. The molecule has 0 aliphatic carbocycles. The number of H-pyrrole nitrogens is 1. The van der Waals surface area contributed by atoms with Crippen LogP contribution in [0.5, 0.6) is 0 Å². The van der Waals surface area contributed by atoms with Gasteiger partial charge in [0.2, 0.25) is 0 Å². The Morgan fingerprint density at radius 2 is 2.12 bits per heavy atom. The smallest absolute Gasteiger partial charge is 0.275 e. The third-order valence-electron chi connectivity index (χ3n) is 2.00. The molecule has 0 bridgehead atoms. The van der Waals surface area contributed by atoms with Crippen molar-refractivity contribution in [2.24, 2.45) is 0 Å². The van der Waals surface area contributed by atoms with Crippen molar-refractivity contribution in [1.29, 1.82) is 5.26 Å². The van der Waals surface area contributed by atoms with Crippen LogP contribution in [0.15, 0.2) is 36.7 Å². The number of nitriles is 1. The van der Waals surface area contributed by atoms with Crippen molar-refractivity contribution >= 4 is 11.6 Å². The molecule has 1 aromatic carbocycles. The van der Waals surface area contributed by atoms with Gasteiger partial charge in [-0.05, 0) is 12.1 Å². The lowest BCUT2D eigenvalue weighted by Crippen LogP contribution is -2.13. The van der Waals surface area contributed by atoms with Gasteiger partial charge in [-0.25, -0.2) is 4.98 Å². The number of hydrogen-bond acceptors (Lipinski definition) is 3. The molecule has 1 heterocycles. The Morgan fingerprint density at radius 3 is 2.81 bits per heavy atom. The van der Waals surface area contributed by atoms with Gasteiger partial charge < -0.3 is 10.3 Å². The maximum Gasteiger partial charge on any atom is 0.275 e. The monoisotopic (exact) mass is 212 g/mol. The first-order valence-corrected chi connectivity index (χ1v) is 4.61. The molecule has 0 aliphatic rings. The van der Waals surface area contributed by atoms with E-state index in [1.165, 1.54) is 6.33 Å². The molecule has 2 N–H and O–H groups in total. The number of para-hydroxylation sites is 1. The van der Waals surface area contributed by atoms with Crippen LogP contribution < -0.4 is 5.32 Å². The van der Waals surface area contributed by atoms with E-state index < -0.39 is 0 Å². The highest BCUT2D eigenvalue weighted by Crippen LogP contribution is 2.08. The van der Waals surface area contributed by atoms with Crippen molar-refractivity contribution in [3.63, 3.8) is 0 Å². The summed E-state index contributed by atoms with van der Waals surface area (Å²) in [4.78, 5) is 18.1. The Hall–Kier alpha value is -2.61. The standard InChI is InChI=1S/C11H8N4O/c12-6-9-10(14-7-13-9)11(16)15-8-4-2-1-3-5-8/h1-5,7H,(H,13,14)(H,15,16). The number of imidazole rings is 1. The minimum Gasteiger partial charge on any atom is -0.339 e. The summed E-state index contributed by atoms with van der Waals surface area (Å²) in [6.45, 7) is 0. The fourth-order valence-corrected chi connectivity index (χ4v) is 1.27. The molecule has 5 heteroatoms. The zero-order chi connectivity index (χ0) is 11.4. The van der Waals surface area contributed by atoms with Gasteiger partial charge >= 0.3 is 0 Å². The Kier molecular flexibility index (Phi) is 2.65. The quantitative estimate of drug-likeness (QED) is 0.792. The highest BCUT2D eigenvalue weighted by Gasteiger charge is 2.13. The van der Waals surface area contributed by atoms with Crippen LogP contribution >= 0.6 is 0 Å². The second-order valence-corrected chi connectivity index (χ2v) is 3.06. The van der Waals surface area contributed by atoms with E-state index in [4.69, 9.17) is 5.26 Å². The number of hydrogen-bond donors (Lipinski definition) is 2. The van der Waals surface area contributed by atoms with Gasteiger partial charge in [0.05, 0.1) is 6.33 Å². The molecule has 0 fully saturated rings. The molecule has 0 aliphatic heterocycles. The molecule has 1 aromatic heterocycles. The topological polar surface area (TPSA) is 81.6 Å². The predicted octanol–water partition coefficient (Wildman–Crippen LogP) is 1.53. The van der Waals surface area contributed by atoms with E-state index in [1.54, 1.807) is 12.1 Å². The molecule has 16 heavy (non-hydrogen) atoms. The van der Waals surface area contributed by atoms with E-state index in [-0.39, 0.29) is 17.3 Å². The summed E-state index contributed by atoms with van der Waals surface area (Å²) < 4.78 is 0. The molecule has 0 atom stereocenters. The average Bonchev–Trinajstić information content (AvgIpc) is 2.78. The van der Waals surface area contributed by atoms with Crippen LogP contribution in [0.3, 0.4) is 0 Å². The van der Waals surface area contributed by atoms with E-state index in [9.17, 15) is 4.79 Å². The second kappa shape index (κ2) is 4.28. The van der Waals surface area contributed by atoms with Crippen molar-refractivity contribution in [1.82, 2.24) is 9.97 Å². The summed E-state index contributed by atoms with van der Waals surface area (Å²) in [7, 11) is 0. The number of carbonyl (C=O) groups excluding carboxylic acids is 1. The number of benzene rings is 1. The molecule has 5 nitrogen and oxygen atoms in total. The minimum atomic E-state index is -0.375. The highest BCUT2D eigenvalue weighted by molar-refractivity contribution is 6.04. The van der Waals surface area contributed by atoms with Crippen LogP contribution in [0.25, 0.3) is 0 Å². The van der Waals surface area contributed by atoms with E-state index >= 15 is 0 Å². The van der Waals surface area contributed by atoms with Gasteiger partial charge in [-0.1, -0.05) is 18.2 Å². The lowest BCUT2D eigenvalue weighted by atomic mass is 10.3. The zero-order valence-corrected chi connectivity index (χ0v) is 8.27. The van der Waals surface area contributed by atoms with Crippen molar-refractivity contribution in [2.75, 3.05) is 5.32 Å². The maximum absolute atomic E-state index is 11.7. The summed E-state index contributed by atoms with van der Waals surface area (Å²) in [6.07, 6.45) is 1.32. The maximum atomic E-state index is 11.7. The van der Waals surface area contributed by atoms with Crippen LogP contribution in [0, 0.1) is 11.3 Å². The minimum absolute atomic E-state index is 0.0911. The number of carbonyl (C=O) groups is 1. The van der Waals surface area contributed by atoms with E-state index in [0.29, 0.717) is 5.69 Å². The zero-order valence-electron chi connectivity index (χ0n) is 8.27. The fourth-order valence-electron chi connectivity index (χ4n) is 1.27. The summed E-state index contributed by atoms with van der Waals surface area (Å²) >= 11 is 0. The lowest BCUT2D eigenvalue weighted by molar-refractivity contribution is 0.102. The SMILES string of the molecule is N#Cc1nc[nH]c1C(=O)Nc1ccccc1. The molecule has 2 rings (SSSR count). The molecule has 0 spiro atoms. The molecule has 0 saturated carbocycles. The molecule has 1 amide bonds. The molecule has 0 unspecified atom stereocenters. The van der Waals surface area contributed by atoms with Gasteiger partial charge in [0.15, 0.2) is 5.69 Å². The first kappa shape index (κ1) is 9.93. The number of nitrogens with zero attached hydrogens (tertiary/aromatic N) is 2. The van der Waals surface area contributed by atoms with Crippen LogP contribution in [0.2, 0.25) is 0 Å². The summed E-state index contributed by atoms with van der Waals surface area (Å²) in [5, 5.41) is 11.4. The van der Waals surface area contributed by atoms with Gasteiger partial charge in [-0.3, -0.25) is 4.79 Å². The number of nitrogens with one attached hydrogen (secondary N) is 2. The van der Waals surface area contributed by atoms with E-state index in [0.717, 1.165) is 0 Å². The number of anilines is 1. The Bertz CT molecular complexity index is 539. The Balaban J connectivity index is 2.19. The van der Waals surface area contributed by atoms with Crippen molar-refractivity contribution < 1.29 is 4.79 Å². The third kappa shape index (κ3) is 1.91. The van der Waals surface area contributed by atoms with Crippen molar-refractivity contribution in [3.8, 4) is 6.07 Å². The highest BCUT2D eigenvalue weighted by atomic mass is 16.1. The van der Waals surface area contributed by atoms with Gasteiger partial charge in [0.25, 0.3) is 5.91 Å². The largest absolute Gasteiger partial charge is 0.339 e. The van der Waals surface area contributed by atoms with Crippen molar-refractivity contribution in [3.05, 3.63) is 48.0 Å². The van der Waals surface area contributed by atoms with Gasteiger partial charge in [0.1, 0.15) is 11.8 Å². The Labute approximate surface area is 91.8 Å². The number of rotatable bonds is 2. The van der Waals surface area contributed by atoms with Crippen LogP contribution in [-0.4, -0.2) is 15.9 Å². The first-order chi connectivity index (χ1) is 7.81. The van der Waals surface area contributed by atoms with Crippen LogP contribution in [0.1, 0.15) is 16.2 Å². The summed E-state index contributed by atoms with van der Waals surface area (Å²) in [5.41, 5.74) is 0.936. The third-order valence-corrected chi connectivity index (χ3v) is 2.00. The van der Waals surface area contributed by atoms with Crippen molar-refractivity contribution in [2.45, 2.75) is 0 Å². The van der Waals surface area contributed by atoms with Crippen LogP contribution in [0.4, 0.5) is 5.69 Å². The number of aromatic amines is 1. The molecular weight excluding hydrogens is 204 g/mol. The van der Waals surface area contributed by atoms with E-state index in [1.807, 2.05) is 24.3 Å². The average molecular weight is 212 g/mol. The predicted molar refractivity (Wildman–Crippen MR) is 57.7 cm³/mol. The lowest BCUT2D eigenvalue weighted by Gasteiger charge is -2.02. The first-order valence-electron chi connectivity index (χ1n) is 4.61. The normalized spacial score (nSPS) is 9.44.